The summed E-state index contributed by atoms with van der Waals surface area (Å²) < 4.78 is 7.94. The van der Waals surface area contributed by atoms with Crippen LogP contribution < -0.4 is 5.32 Å². The molecule has 1 aromatic heterocycles. The average Bonchev–Trinajstić information content (AvgIpc) is 3.27. The lowest BCUT2D eigenvalue weighted by atomic mass is 9.89. The molecule has 0 saturated carbocycles. The number of aryl methyl sites for hydroxylation is 1. The Morgan fingerprint density at radius 3 is 3.00 bits per heavy atom. The van der Waals surface area contributed by atoms with Crippen molar-refractivity contribution in [3.05, 3.63) is 24.3 Å². The van der Waals surface area contributed by atoms with E-state index in [9.17, 15) is 4.79 Å². The molecule has 23 heavy (non-hydrogen) atoms. The lowest BCUT2D eigenvalue weighted by Gasteiger charge is -2.18. The summed E-state index contributed by atoms with van der Waals surface area (Å²) in [5.41, 5.74) is 2.02. The molecule has 3 atom stereocenters. The van der Waals surface area contributed by atoms with Crippen molar-refractivity contribution >= 4 is 22.9 Å². The summed E-state index contributed by atoms with van der Waals surface area (Å²) in [6.07, 6.45) is 5.54. The number of benzene rings is 1. The molecule has 3 heterocycles. The molecule has 2 saturated heterocycles. The van der Waals surface area contributed by atoms with Crippen molar-refractivity contribution in [3.8, 4) is 0 Å². The third-order valence-corrected chi connectivity index (χ3v) is 5.07. The highest BCUT2D eigenvalue weighted by atomic mass is 16.5. The number of hydrogen-bond acceptors (Lipinski definition) is 3. The van der Waals surface area contributed by atoms with Crippen molar-refractivity contribution in [1.82, 2.24) is 9.55 Å². The lowest BCUT2D eigenvalue weighted by Crippen LogP contribution is -2.31. The van der Waals surface area contributed by atoms with Gasteiger partial charge in [-0.25, -0.2) is 4.98 Å². The molecule has 0 unspecified atom stereocenters. The normalized spacial score (nSPS) is 26.0. The average molecular weight is 313 g/mol. The maximum Gasteiger partial charge on any atom is 0.232 e. The molecule has 2 aliphatic heterocycles. The fourth-order valence-corrected chi connectivity index (χ4v) is 3.83. The number of carbonyl (C=O) groups is 1. The lowest BCUT2D eigenvalue weighted by molar-refractivity contribution is -0.121. The third kappa shape index (κ3) is 2.63. The van der Waals surface area contributed by atoms with Gasteiger partial charge < -0.3 is 9.30 Å². The van der Waals surface area contributed by atoms with Gasteiger partial charge in [-0.1, -0.05) is 25.5 Å². The van der Waals surface area contributed by atoms with Gasteiger partial charge in [0, 0.05) is 6.54 Å². The Morgan fingerprint density at radius 2 is 2.26 bits per heavy atom. The molecule has 122 valence electrons. The van der Waals surface area contributed by atoms with Crippen LogP contribution in [0.15, 0.2) is 24.3 Å². The first-order valence-corrected chi connectivity index (χ1v) is 8.68. The van der Waals surface area contributed by atoms with Crippen molar-refractivity contribution < 1.29 is 9.53 Å². The van der Waals surface area contributed by atoms with E-state index in [1.165, 1.54) is 0 Å². The molecule has 0 spiro atoms. The Hall–Kier alpha value is -1.88. The van der Waals surface area contributed by atoms with Crippen LogP contribution in [-0.4, -0.2) is 27.7 Å². The minimum absolute atomic E-state index is 0.0202. The predicted octanol–water partition coefficient (Wildman–Crippen LogP) is 3.34. The van der Waals surface area contributed by atoms with Gasteiger partial charge in [-0.15, -0.1) is 0 Å². The van der Waals surface area contributed by atoms with Crippen molar-refractivity contribution in [2.24, 2.45) is 5.92 Å². The van der Waals surface area contributed by atoms with Crippen LogP contribution in [0.2, 0.25) is 0 Å². The molecule has 1 amide bonds. The van der Waals surface area contributed by atoms with Crippen molar-refractivity contribution in [2.75, 3.05) is 5.32 Å². The highest BCUT2D eigenvalue weighted by Crippen LogP contribution is 2.39. The topological polar surface area (TPSA) is 56.2 Å². The SMILES string of the molecule is CCCCn1c(NC(=O)[C@@H]2C[C@@H]3CC[C@H]2O3)nc2ccccc21. The Bertz CT molecular complexity index is 724. The Balaban J connectivity index is 1.59. The van der Waals surface area contributed by atoms with Gasteiger partial charge in [-0.05, 0) is 37.8 Å². The number of rotatable bonds is 5. The maximum atomic E-state index is 12.7. The van der Waals surface area contributed by atoms with E-state index < -0.39 is 0 Å². The van der Waals surface area contributed by atoms with Crippen LogP contribution in [0.1, 0.15) is 39.0 Å². The van der Waals surface area contributed by atoms with Gasteiger partial charge in [0.25, 0.3) is 0 Å². The molecular formula is C18H23N3O2. The summed E-state index contributed by atoms with van der Waals surface area (Å²) in [4.78, 5) is 17.3. The number of fused-ring (bicyclic) bond motifs is 3. The number of hydrogen-bond donors (Lipinski definition) is 1. The number of imidazole rings is 1. The standard InChI is InChI=1S/C18H23N3O2/c1-2-3-10-21-15-7-5-4-6-14(15)19-18(21)20-17(22)13-11-12-8-9-16(13)23-12/h4-7,12-13,16H,2-3,8-11H2,1H3,(H,19,20,22)/t12-,13+,16+/m0/s1. The van der Waals surface area contributed by atoms with E-state index in [0.717, 1.165) is 49.7 Å². The molecule has 4 rings (SSSR count). The van der Waals surface area contributed by atoms with Crippen LogP contribution in [0, 0.1) is 5.92 Å². The van der Waals surface area contributed by atoms with Crippen molar-refractivity contribution in [1.29, 1.82) is 0 Å². The number of ether oxygens (including phenoxy) is 1. The second-order valence-corrected chi connectivity index (χ2v) is 6.63. The zero-order chi connectivity index (χ0) is 15.8. The molecule has 1 aromatic carbocycles. The Labute approximate surface area is 136 Å². The molecule has 2 aliphatic rings. The fourth-order valence-electron chi connectivity index (χ4n) is 3.83. The van der Waals surface area contributed by atoms with Crippen LogP contribution in [-0.2, 0) is 16.1 Å². The van der Waals surface area contributed by atoms with E-state index in [0.29, 0.717) is 5.95 Å². The quantitative estimate of drug-likeness (QED) is 0.921. The predicted molar refractivity (Wildman–Crippen MR) is 89.3 cm³/mol. The molecule has 0 aliphatic carbocycles. The number of nitrogens with zero attached hydrogens (tertiary/aromatic N) is 2. The third-order valence-electron chi connectivity index (χ3n) is 5.07. The van der Waals surface area contributed by atoms with Crippen LogP contribution in [0.25, 0.3) is 11.0 Å². The van der Waals surface area contributed by atoms with Crippen LogP contribution in [0.4, 0.5) is 5.95 Å². The van der Waals surface area contributed by atoms with E-state index in [4.69, 9.17) is 4.74 Å². The minimum Gasteiger partial charge on any atom is -0.374 e. The van der Waals surface area contributed by atoms with Gasteiger partial charge >= 0.3 is 0 Å². The number of unbranched alkanes of at least 4 members (excludes halogenated alkanes) is 1. The molecule has 2 fully saturated rings. The summed E-state index contributed by atoms with van der Waals surface area (Å²) in [6.45, 7) is 3.05. The highest BCUT2D eigenvalue weighted by Gasteiger charge is 2.44. The van der Waals surface area contributed by atoms with Crippen molar-refractivity contribution in [2.45, 2.75) is 57.8 Å². The monoisotopic (exact) mass is 313 g/mol. The molecule has 5 nitrogen and oxygen atoms in total. The van der Waals surface area contributed by atoms with Gasteiger partial charge in [0.15, 0.2) is 0 Å². The second-order valence-electron chi connectivity index (χ2n) is 6.63. The molecule has 1 N–H and O–H groups in total. The molecular weight excluding hydrogens is 290 g/mol. The van der Waals surface area contributed by atoms with Gasteiger partial charge in [-0.3, -0.25) is 10.1 Å². The Kier molecular flexibility index (Phi) is 3.81. The Morgan fingerprint density at radius 1 is 1.39 bits per heavy atom. The van der Waals surface area contributed by atoms with Crippen molar-refractivity contribution in [3.63, 3.8) is 0 Å². The first-order chi connectivity index (χ1) is 11.3. The second kappa shape index (κ2) is 5.96. The largest absolute Gasteiger partial charge is 0.374 e. The first kappa shape index (κ1) is 14.7. The minimum atomic E-state index is -0.0202. The van der Waals surface area contributed by atoms with Gasteiger partial charge in [-0.2, -0.15) is 0 Å². The first-order valence-electron chi connectivity index (χ1n) is 8.68. The number of anilines is 1. The zero-order valence-electron chi connectivity index (χ0n) is 13.5. The smallest absolute Gasteiger partial charge is 0.232 e. The molecule has 0 radical (unpaired) electrons. The fraction of sp³-hybridized carbons (Fsp3) is 0.556. The van der Waals surface area contributed by atoms with Crippen LogP contribution in [0.5, 0.6) is 0 Å². The van der Waals surface area contributed by atoms with Crippen LogP contribution in [0.3, 0.4) is 0 Å². The summed E-state index contributed by atoms with van der Waals surface area (Å²) in [6, 6.07) is 8.05. The van der Waals surface area contributed by atoms with E-state index in [2.05, 4.69) is 27.9 Å². The van der Waals surface area contributed by atoms with Gasteiger partial charge in [0.1, 0.15) is 0 Å². The number of aromatic nitrogens is 2. The van der Waals surface area contributed by atoms with Crippen LogP contribution >= 0.6 is 0 Å². The summed E-state index contributed by atoms with van der Waals surface area (Å²) >= 11 is 0. The van der Waals surface area contributed by atoms with Gasteiger partial charge in [0.2, 0.25) is 11.9 Å². The van der Waals surface area contributed by atoms with E-state index >= 15 is 0 Å². The maximum absolute atomic E-state index is 12.7. The van der Waals surface area contributed by atoms with E-state index in [-0.39, 0.29) is 24.0 Å². The summed E-state index contributed by atoms with van der Waals surface area (Å²) in [5, 5.41) is 3.07. The molecule has 5 heteroatoms. The summed E-state index contributed by atoms with van der Waals surface area (Å²) in [5.74, 6) is 0.714. The number of nitrogens with one attached hydrogen (secondary N) is 1. The van der Waals surface area contributed by atoms with E-state index in [1.807, 2.05) is 18.2 Å². The van der Waals surface area contributed by atoms with Gasteiger partial charge in [0.05, 0.1) is 29.2 Å². The number of amides is 1. The van der Waals surface area contributed by atoms with E-state index in [1.54, 1.807) is 0 Å². The number of para-hydroxylation sites is 2. The molecule has 2 bridgehead atoms. The summed E-state index contributed by atoms with van der Waals surface area (Å²) in [7, 11) is 0. The zero-order valence-corrected chi connectivity index (χ0v) is 13.5. The highest BCUT2D eigenvalue weighted by molar-refractivity contribution is 5.93. The number of carbonyl (C=O) groups excluding carboxylic acids is 1. The molecule has 2 aromatic rings.